The molecule has 1 N–H and O–H groups in total. The van der Waals surface area contributed by atoms with Gasteiger partial charge in [-0.3, -0.25) is 0 Å². The predicted molar refractivity (Wildman–Crippen MR) is 158 cm³/mol. The van der Waals surface area contributed by atoms with Crippen LogP contribution in [-0.2, 0) is 5.60 Å². The number of hydrogen-bond acceptors (Lipinski definition) is 1. The molecule has 1 unspecified atom stereocenters. The van der Waals surface area contributed by atoms with Crippen molar-refractivity contribution in [2.75, 3.05) is 0 Å². The third kappa shape index (κ3) is 4.29. The van der Waals surface area contributed by atoms with Crippen molar-refractivity contribution in [2.45, 2.75) is 5.60 Å². The number of fused-ring (bicyclic) bond motifs is 1. The van der Waals surface area contributed by atoms with Crippen LogP contribution in [0.25, 0.3) is 33.0 Å². The van der Waals surface area contributed by atoms with Gasteiger partial charge in [-0.1, -0.05) is 149 Å². The minimum absolute atomic E-state index is 0.808. The average Bonchev–Trinajstić information content (AvgIpc) is 2.97. The Morgan fingerprint density at radius 1 is 0.486 bits per heavy atom. The number of rotatable bonds is 5. The minimum Gasteiger partial charge on any atom is -0.376 e. The third-order valence-electron chi connectivity index (χ3n) is 7.05. The van der Waals surface area contributed by atoms with Crippen molar-refractivity contribution >= 4 is 26.7 Å². The summed E-state index contributed by atoms with van der Waals surface area (Å²) >= 11 is 3.62. The molecule has 0 fully saturated rings. The van der Waals surface area contributed by atoms with Crippen LogP contribution in [0.15, 0.2) is 150 Å². The molecule has 0 bridgehead atoms. The number of benzene rings is 6. The van der Waals surface area contributed by atoms with Gasteiger partial charge in [0.2, 0.25) is 0 Å². The van der Waals surface area contributed by atoms with Gasteiger partial charge in [-0.25, -0.2) is 0 Å². The summed E-state index contributed by atoms with van der Waals surface area (Å²) in [5.74, 6) is 0. The van der Waals surface area contributed by atoms with E-state index in [1.807, 2.05) is 60.7 Å². The second-order valence-corrected chi connectivity index (χ2v) is 10.2. The van der Waals surface area contributed by atoms with Gasteiger partial charge in [0.25, 0.3) is 0 Å². The molecule has 0 saturated heterocycles. The fourth-order valence-corrected chi connectivity index (χ4v) is 5.63. The lowest BCUT2D eigenvalue weighted by atomic mass is 9.77. The van der Waals surface area contributed by atoms with Crippen molar-refractivity contribution in [3.63, 3.8) is 0 Å². The summed E-state index contributed by atoms with van der Waals surface area (Å²) in [6.07, 6.45) is 0. The largest absolute Gasteiger partial charge is 0.376 e. The molecule has 0 aliphatic heterocycles. The molecule has 0 radical (unpaired) electrons. The summed E-state index contributed by atoms with van der Waals surface area (Å²) in [4.78, 5) is 0. The van der Waals surface area contributed by atoms with Crippen LogP contribution in [0.3, 0.4) is 0 Å². The van der Waals surface area contributed by atoms with Crippen molar-refractivity contribution in [3.8, 4) is 22.3 Å². The Kier molecular flexibility index (Phi) is 6.21. The van der Waals surface area contributed by atoms with Gasteiger partial charge in [-0.05, 0) is 56.3 Å². The summed E-state index contributed by atoms with van der Waals surface area (Å²) in [7, 11) is 0. The second kappa shape index (κ2) is 9.82. The summed E-state index contributed by atoms with van der Waals surface area (Å²) in [6.45, 7) is 0. The SMILES string of the molecule is OC(c1ccc(-c2cccc3ccccc23)cc1)(c1cccc(Br)c1)c1ccccc1-c1ccccc1. The highest BCUT2D eigenvalue weighted by Crippen LogP contribution is 2.43. The van der Waals surface area contributed by atoms with E-state index in [1.165, 1.54) is 16.3 Å². The zero-order valence-corrected chi connectivity index (χ0v) is 21.8. The lowest BCUT2D eigenvalue weighted by molar-refractivity contribution is 0.126. The van der Waals surface area contributed by atoms with E-state index in [0.717, 1.165) is 37.9 Å². The molecule has 178 valence electrons. The lowest BCUT2D eigenvalue weighted by Crippen LogP contribution is -2.29. The van der Waals surface area contributed by atoms with Crippen molar-refractivity contribution in [2.24, 2.45) is 0 Å². The monoisotopic (exact) mass is 540 g/mol. The van der Waals surface area contributed by atoms with E-state index in [2.05, 4.69) is 101 Å². The first-order valence-corrected chi connectivity index (χ1v) is 13.2. The van der Waals surface area contributed by atoms with Crippen molar-refractivity contribution in [1.82, 2.24) is 0 Å². The maximum absolute atomic E-state index is 12.7. The molecule has 6 rings (SSSR count). The van der Waals surface area contributed by atoms with Crippen LogP contribution in [0.1, 0.15) is 16.7 Å². The maximum atomic E-state index is 12.7. The molecule has 0 spiro atoms. The van der Waals surface area contributed by atoms with Crippen molar-refractivity contribution in [3.05, 3.63) is 167 Å². The molecule has 1 nitrogen and oxygen atoms in total. The van der Waals surface area contributed by atoms with Crippen LogP contribution in [0.5, 0.6) is 0 Å². The summed E-state index contributed by atoms with van der Waals surface area (Å²) < 4.78 is 0.924. The first-order chi connectivity index (χ1) is 18.1. The van der Waals surface area contributed by atoms with E-state index in [-0.39, 0.29) is 0 Å². The van der Waals surface area contributed by atoms with Crippen LogP contribution >= 0.6 is 15.9 Å². The van der Waals surface area contributed by atoms with Crippen LogP contribution in [0.4, 0.5) is 0 Å². The first-order valence-electron chi connectivity index (χ1n) is 12.4. The Labute approximate surface area is 225 Å². The average molecular weight is 541 g/mol. The van der Waals surface area contributed by atoms with Crippen molar-refractivity contribution in [1.29, 1.82) is 0 Å². The predicted octanol–water partition coefficient (Wildman–Crippen LogP) is 9.22. The van der Waals surface area contributed by atoms with Gasteiger partial charge in [0, 0.05) is 10.0 Å². The standard InChI is InChI=1S/C35H25BrO/c36-30-15-9-14-29(24-30)35(37,34-19-7-6-17-33(34)26-10-2-1-3-11-26)28-22-20-27(21-23-28)32-18-8-13-25-12-4-5-16-31(25)32/h1-24,37H. The Morgan fingerprint density at radius 2 is 1.11 bits per heavy atom. The van der Waals surface area contributed by atoms with Gasteiger partial charge < -0.3 is 5.11 Å². The van der Waals surface area contributed by atoms with Crippen LogP contribution < -0.4 is 0 Å². The molecule has 0 aromatic heterocycles. The molecule has 0 aliphatic rings. The summed E-state index contributed by atoms with van der Waals surface area (Å²) in [6, 6.07) is 49.5. The van der Waals surface area contributed by atoms with E-state index in [4.69, 9.17) is 0 Å². The van der Waals surface area contributed by atoms with E-state index in [0.29, 0.717) is 0 Å². The summed E-state index contributed by atoms with van der Waals surface area (Å²) in [5.41, 5.74) is 5.49. The molecule has 0 heterocycles. The fraction of sp³-hybridized carbons (Fsp3) is 0.0286. The van der Waals surface area contributed by atoms with Gasteiger partial charge in [-0.15, -0.1) is 0 Å². The molecule has 6 aromatic rings. The molecule has 0 aliphatic carbocycles. The first kappa shape index (κ1) is 23.4. The highest BCUT2D eigenvalue weighted by Gasteiger charge is 2.36. The van der Waals surface area contributed by atoms with Crippen molar-refractivity contribution < 1.29 is 5.11 Å². The van der Waals surface area contributed by atoms with Crippen LogP contribution in [0, 0.1) is 0 Å². The second-order valence-electron chi connectivity index (χ2n) is 9.24. The molecule has 2 heteroatoms. The number of hydrogen-bond donors (Lipinski definition) is 1. The highest BCUT2D eigenvalue weighted by molar-refractivity contribution is 9.10. The van der Waals surface area contributed by atoms with Gasteiger partial charge >= 0.3 is 0 Å². The Bertz CT molecular complexity index is 1680. The van der Waals surface area contributed by atoms with E-state index < -0.39 is 5.60 Å². The molecule has 6 aromatic carbocycles. The zero-order chi connectivity index (χ0) is 25.2. The van der Waals surface area contributed by atoms with Gasteiger partial charge in [0.15, 0.2) is 0 Å². The molecule has 1 atom stereocenters. The fourth-order valence-electron chi connectivity index (χ4n) is 5.23. The molecular formula is C35H25BrO. The molecular weight excluding hydrogens is 516 g/mol. The van der Waals surface area contributed by atoms with Crippen LogP contribution in [0.2, 0.25) is 0 Å². The topological polar surface area (TPSA) is 20.2 Å². The molecule has 0 saturated carbocycles. The summed E-state index contributed by atoms with van der Waals surface area (Å²) in [5, 5.41) is 15.1. The van der Waals surface area contributed by atoms with Gasteiger partial charge in [0.1, 0.15) is 5.60 Å². The molecule has 0 amide bonds. The van der Waals surface area contributed by atoms with Gasteiger partial charge in [-0.2, -0.15) is 0 Å². The third-order valence-corrected chi connectivity index (χ3v) is 7.54. The smallest absolute Gasteiger partial charge is 0.141 e. The normalized spacial score (nSPS) is 12.8. The Hall–Kier alpha value is -3.98. The van der Waals surface area contributed by atoms with E-state index >= 15 is 0 Å². The maximum Gasteiger partial charge on any atom is 0.141 e. The minimum atomic E-state index is -1.35. The van der Waals surface area contributed by atoms with E-state index in [1.54, 1.807) is 0 Å². The molecule has 37 heavy (non-hydrogen) atoms. The highest BCUT2D eigenvalue weighted by atomic mass is 79.9. The zero-order valence-electron chi connectivity index (χ0n) is 20.2. The lowest BCUT2D eigenvalue weighted by Gasteiger charge is -2.32. The number of aliphatic hydroxyl groups is 1. The Morgan fingerprint density at radius 3 is 1.92 bits per heavy atom. The number of halogens is 1. The quantitative estimate of drug-likeness (QED) is 0.216. The van der Waals surface area contributed by atoms with Crippen LogP contribution in [-0.4, -0.2) is 5.11 Å². The Balaban J connectivity index is 1.54. The van der Waals surface area contributed by atoms with E-state index in [9.17, 15) is 5.11 Å². The van der Waals surface area contributed by atoms with Gasteiger partial charge in [0.05, 0.1) is 0 Å².